The van der Waals surface area contributed by atoms with Crippen LogP contribution in [-0.4, -0.2) is 34.9 Å². The summed E-state index contributed by atoms with van der Waals surface area (Å²) in [5.41, 5.74) is 6.79. The Labute approximate surface area is 148 Å². The lowest BCUT2D eigenvalue weighted by Crippen LogP contribution is -2.46. The molecule has 7 heteroatoms. The van der Waals surface area contributed by atoms with Gasteiger partial charge in [-0.1, -0.05) is 29.6 Å². The molecule has 1 aliphatic carbocycles. The van der Waals surface area contributed by atoms with Crippen LogP contribution in [0.3, 0.4) is 0 Å². The first-order chi connectivity index (χ1) is 12.1. The second-order valence-corrected chi connectivity index (χ2v) is 7.26. The maximum Gasteiger partial charge on any atom is 0.222 e. The second-order valence-electron chi connectivity index (χ2n) is 7.26. The molecule has 2 fully saturated rings. The van der Waals surface area contributed by atoms with Gasteiger partial charge in [-0.05, 0) is 32.1 Å². The highest BCUT2D eigenvalue weighted by atomic mass is 16.6. The Kier molecular flexibility index (Phi) is 5.94. The van der Waals surface area contributed by atoms with E-state index in [1.54, 1.807) is 6.07 Å². The average Bonchev–Trinajstić information content (AvgIpc) is 3.03. The highest BCUT2D eigenvalue weighted by Gasteiger charge is 2.30. The molecule has 1 aromatic heterocycles. The number of rotatable bonds is 6. The van der Waals surface area contributed by atoms with Crippen LogP contribution >= 0.6 is 0 Å². The standard InChI is InChI=1S/C18H28N4O3/c1-13-9-16(20-25-13)12-24-21-18(19)15-7-8-17(23)22(11-15)10-14-5-3-2-4-6-14/h9,14-15H,2-8,10-12H2,1H3,(H2,19,21). The second kappa shape index (κ2) is 8.36. The van der Waals surface area contributed by atoms with Gasteiger partial charge in [0.1, 0.15) is 17.3 Å². The lowest BCUT2D eigenvalue weighted by atomic mass is 9.87. The van der Waals surface area contributed by atoms with Crippen molar-refractivity contribution in [2.45, 2.75) is 58.5 Å². The zero-order valence-electron chi connectivity index (χ0n) is 14.9. The van der Waals surface area contributed by atoms with Gasteiger partial charge in [-0.3, -0.25) is 4.79 Å². The summed E-state index contributed by atoms with van der Waals surface area (Å²) in [5.74, 6) is 2.15. The molecule has 25 heavy (non-hydrogen) atoms. The van der Waals surface area contributed by atoms with Gasteiger partial charge in [0, 0.05) is 31.5 Å². The van der Waals surface area contributed by atoms with Crippen LogP contribution in [0.4, 0.5) is 0 Å². The number of piperidine rings is 1. The van der Waals surface area contributed by atoms with E-state index in [1.165, 1.54) is 32.1 Å². The number of nitrogens with two attached hydrogens (primary N) is 1. The van der Waals surface area contributed by atoms with Gasteiger partial charge in [0.2, 0.25) is 5.91 Å². The quantitative estimate of drug-likeness (QED) is 0.484. The van der Waals surface area contributed by atoms with Gasteiger partial charge >= 0.3 is 0 Å². The number of hydrogen-bond acceptors (Lipinski definition) is 5. The third kappa shape index (κ3) is 4.96. The van der Waals surface area contributed by atoms with Crippen molar-refractivity contribution < 1.29 is 14.2 Å². The molecule has 1 amide bonds. The number of amides is 1. The Hall–Kier alpha value is -2.05. The molecule has 2 aliphatic rings. The first kappa shape index (κ1) is 17.8. The molecule has 0 spiro atoms. The molecular weight excluding hydrogens is 320 g/mol. The van der Waals surface area contributed by atoms with Gasteiger partial charge in [-0.15, -0.1) is 0 Å². The molecule has 1 atom stereocenters. The molecule has 1 saturated heterocycles. The molecule has 2 N–H and O–H groups in total. The van der Waals surface area contributed by atoms with Crippen LogP contribution in [0.5, 0.6) is 0 Å². The molecule has 1 aromatic rings. The van der Waals surface area contributed by atoms with Crippen molar-refractivity contribution in [3.8, 4) is 0 Å². The fraction of sp³-hybridized carbons (Fsp3) is 0.722. The number of aromatic nitrogens is 1. The predicted octanol–water partition coefficient (Wildman–Crippen LogP) is 2.59. The zero-order chi connectivity index (χ0) is 17.6. The van der Waals surface area contributed by atoms with Crippen LogP contribution in [0.15, 0.2) is 15.7 Å². The number of carbonyl (C=O) groups excluding carboxylic acids is 1. The molecular formula is C18H28N4O3. The number of aryl methyl sites for hydroxylation is 1. The summed E-state index contributed by atoms with van der Waals surface area (Å²) >= 11 is 0. The summed E-state index contributed by atoms with van der Waals surface area (Å²) in [6.07, 6.45) is 7.65. The van der Waals surface area contributed by atoms with Gasteiger partial charge in [-0.25, -0.2) is 0 Å². The van der Waals surface area contributed by atoms with E-state index in [4.69, 9.17) is 15.1 Å². The van der Waals surface area contributed by atoms with Crippen molar-refractivity contribution in [3.05, 3.63) is 17.5 Å². The summed E-state index contributed by atoms with van der Waals surface area (Å²) in [6, 6.07) is 1.80. The van der Waals surface area contributed by atoms with E-state index in [2.05, 4.69) is 10.3 Å². The highest BCUT2D eigenvalue weighted by molar-refractivity contribution is 5.86. The smallest absolute Gasteiger partial charge is 0.222 e. The monoisotopic (exact) mass is 348 g/mol. The predicted molar refractivity (Wildman–Crippen MR) is 93.5 cm³/mol. The van der Waals surface area contributed by atoms with Gasteiger partial charge < -0.3 is 20.0 Å². The van der Waals surface area contributed by atoms with Crippen molar-refractivity contribution in [2.24, 2.45) is 22.7 Å². The highest BCUT2D eigenvalue weighted by Crippen LogP contribution is 2.27. The van der Waals surface area contributed by atoms with Gasteiger partial charge in [0.25, 0.3) is 0 Å². The molecule has 0 aromatic carbocycles. The number of carbonyl (C=O) groups is 1. The van der Waals surface area contributed by atoms with E-state index < -0.39 is 0 Å². The minimum atomic E-state index is 0.0698. The molecule has 0 bridgehead atoms. The van der Waals surface area contributed by atoms with E-state index in [0.29, 0.717) is 30.4 Å². The topological polar surface area (TPSA) is 94.0 Å². The molecule has 3 rings (SSSR count). The fourth-order valence-corrected chi connectivity index (χ4v) is 3.75. The van der Waals surface area contributed by atoms with Crippen molar-refractivity contribution in [2.75, 3.05) is 13.1 Å². The fourth-order valence-electron chi connectivity index (χ4n) is 3.75. The summed E-state index contributed by atoms with van der Waals surface area (Å²) in [5, 5.41) is 7.88. The van der Waals surface area contributed by atoms with E-state index >= 15 is 0 Å². The number of nitrogens with zero attached hydrogens (tertiary/aromatic N) is 3. The minimum Gasteiger partial charge on any atom is -0.388 e. The van der Waals surface area contributed by atoms with Crippen molar-refractivity contribution in [1.29, 1.82) is 0 Å². The maximum absolute atomic E-state index is 12.2. The third-order valence-corrected chi connectivity index (χ3v) is 5.18. The van der Waals surface area contributed by atoms with Crippen LogP contribution in [0.2, 0.25) is 0 Å². The van der Waals surface area contributed by atoms with Gasteiger partial charge in [-0.2, -0.15) is 0 Å². The van der Waals surface area contributed by atoms with Crippen LogP contribution in [0.25, 0.3) is 0 Å². The molecule has 0 radical (unpaired) electrons. The molecule has 1 unspecified atom stereocenters. The van der Waals surface area contributed by atoms with Crippen LogP contribution in [-0.2, 0) is 16.2 Å². The lowest BCUT2D eigenvalue weighted by Gasteiger charge is -2.35. The van der Waals surface area contributed by atoms with Gasteiger partial charge in [0.05, 0.1) is 0 Å². The van der Waals surface area contributed by atoms with Crippen molar-refractivity contribution in [1.82, 2.24) is 10.1 Å². The van der Waals surface area contributed by atoms with Crippen molar-refractivity contribution >= 4 is 11.7 Å². The zero-order valence-corrected chi connectivity index (χ0v) is 14.9. The summed E-state index contributed by atoms with van der Waals surface area (Å²) in [4.78, 5) is 19.5. The van der Waals surface area contributed by atoms with Crippen LogP contribution < -0.4 is 5.73 Å². The Morgan fingerprint density at radius 3 is 2.92 bits per heavy atom. The number of hydrogen-bond donors (Lipinski definition) is 1. The Morgan fingerprint density at radius 1 is 1.40 bits per heavy atom. The molecule has 1 saturated carbocycles. The Balaban J connectivity index is 1.50. The first-order valence-electron chi connectivity index (χ1n) is 9.27. The minimum absolute atomic E-state index is 0.0698. The van der Waals surface area contributed by atoms with E-state index in [0.717, 1.165) is 18.7 Å². The Morgan fingerprint density at radius 2 is 2.20 bits per heavy atom. The summed E-state index contributed by atoms with van der Waals surface area (Å²) < 4.78 is 4.98. The number of likely N-dealkylation sites (tertiary alicyclic amines) is 1. The number of oxime groups is 1. The molecule has 1 aliphatic heterocycles. The normalized spacial score (nSPS) is 23.1. The van der Waals surface area contributed by atoms with Gasteiger partial charge in [0.15, 0.2) is 6.61 Å². The maximum atomic E-state index is 12.2. The molecule has 138 valence electrons. The van der Waals surface area contributed by atoms with E-state index in [-0.39, 0.29) is 18.4 Å². The lowest BCUT2D eigenvalue weighted by molar-refractivity contribution is -0.134. The van der Waals surface area contributed by atoms with Crippen molar-refractivity contribution in [3.63, 3.8) is 0 Å². The summed E-state index contributed by atoms with van der Waals surface area (Å²) in [7, 11) is 0. The molecule has 2 heterocycles. The van der Waals surface area contributed by atoms with Crippen LogP contribution in [0, 0.1) is 18.8 Å². The third-order valence-electron chi connectivity index (χ3n) is 5.18. The average molecular weight is 348 g/mol. The van der Waals surface area contributed by atoms with E-state index in [9.17, 15) is 4.79 Å². The summed E-state index contributed by atoms with van der Waals surface area (Å²) in [6.45, 7) is 3.57. The molecule has 7 nitrogen and oxygen atoms in total. The van der Waals surface area contributed by atoms with Crippen LogP contribution in [0.1, 0.15) is 56.4 Å². The number of amidine groups is 1. The largest absolute Gasteiger partial charge is 0.388 e. The SMILES string of the molecule is Cc1cc(CO/N=C(\N)C2CCC(=O)N(CC3CCCCC3)C2)no1. The first-order valence-corrected chi connectivity index (χ1v) is 9.27. The van der Waals surface area contributed by atoms with E-state index in [1.807, 2.05) is 11.8 Å². The Bertz CT molecular complexity index is 607.